The summed E-state index contributed by atoms with van der Waals surface area (Å²) in [5.41, 5.74) is 2.65. The van der Waals surface area contributed by atoms with Gasteiger partial charge in [0.25, 0.3) is 0 Å². The van der Waals surface area contributed by atoms with Gasteiger partial charge in [-0.15, -0.1) is 0 Å². The van der Waals surface area contributed by atoms with E-state index in [9.17, 15) is 0 Å². The lowest BCUT2D eigenvalue weighted by Gasteiger charge is -2.12. The van der Waals surface area contributed by atoms with Crippen LogP contribution in [0.4, 0.5) is 0 Å². The fourth-order valence-electron chi connectivity index (χ4n) is 2.09. The molecule has 16 heavy (non-hydrogen) atoms. The van der Waals surface area contributed by atoms with E-state index in [0.717, 1.165) is 13.0 Å². The lowest BCUT2D eigenvalue weighted by atomic mass is 9.89. The van der Waals surface area contributed by atoms with Crippen molar-refractivity contribution >= 4 is 18.7 Å². The number of nitrogens with one attached hydrogen (secondary N) is 2. The second-order valence-corrected chi connectivity index (χ2v) is 4.42. The molecule has 0 amide bonds. The van der Waals surface area contributed by atoms with E-state index < -0.39 is 0 Å². The quantitative estimate of drug-likeness (QED) is 0.728. The first-order chi connectivity index (χ1) is 7.81. The zero-order chi connectivity index (χ0) is 11.4. The summed E-state index contributed by atoms with van der Waals surface area (Å²) >= 11 is 0. The molecular formula is C13H19BN2. The van der Waals surface area contributed by atoms with Crippen LogP contribution in [-0.2, 0) is 6.42 Å². The van der Waals surface area contributed by atoms with E-state index in [0.29, 0.717) is 5.94 Å². The molecule has 0 aliphatic carbocycles. The Labute approximate surface area is 97.8 Å². The van der Waals surface area contributed by atoms with Crippen molar-refractivity contribution in [2.45, 2.75) is 25.7 Å². The number of para-hydroxylation sites is 1. The first-order valence-corrected chi connectivity index (χ1v) is 6.09. The SMILES string of the molecule is BC(Cc1c[nH]c2ccccc12)NCCC. The average Bonchev–Trinajstić information content (AvgIpc) is 2.70. The molecule has 0 saturated heterocycles. The molecule has 1 heterocycles. The van der Waals surface area contributed by atoms with Crippen LogP contribution in [0.3, 0.4) is 0 Å². The van der Waals surface area contributed by atoms with E-state index in [1.54, 1.807) is 0 Å². The first kappa shape index (κ1) is 11.3. The highest BCUT2D eigenvalue weighted by molar-refractivity contribution is 6.12. The third-order valence-electron chi connectivity index (χ3n) is 2.94. The summed E-state index contributed by atoms with van der Waals surface area (Å²) < 4.78 is 0. The van der Waals surface area contributed by atoms with Gasteiger partial charge in [0.05, 0.1) is 0 Å². The zero-order valence-electron chi connectivity index (χ0n) is 10.1. The summed E-state index contributed by atoms with van der Waals surface area (Å²) in [6, 6.07) is 8.49. The molecule has 1 aromatic carbocycles. The van der Waals surface area contributed by atoms with Crippen molar-refractivity contribution in [2.24, 2.45) is 0 Å². The lowest BCUT2D eigenvalue weighted by molar-refractivity contribution is 0.628. The molecule has 2 N–H and O–H groups in total. The van der Waals surface area contributed by atoms with E-state index in [-0.39, 0.29) is 0 Å². The van der Waals surface area contributed by atoms with Gasteiger partial charge in [0.2, 0.25) is 0 Å². The van der Waals surface area contributed by atoms with Crippen molar-refractivity contribution in [2.75, 3.05) is 6.54 Å². The van der Waals surface area contributed by atoms with Crippen molar-refractivity contribution in [1.29, 1.82) is 0 Å². The topological polar surface area (TPSA) is 27.8 Å². The van der Waals surface area contributed by atoms with Crippen LogP contribution in [0.25, 0.3) is 10.9 Å². The van der Waals surface area contributed by atoms with Gasteiger partial charge < -0.3 is 10.3 Å². The first-order valence-electron chi connectivity index (χ1n) is 6.09. The van der Waals surface area contributed by atoms with E-state index in [1.807, 2.05) is 0 Å². The number of benzene rings is 1. The maximum Gasteiger partial charge on any atom is 0.123 e. The van der Waals surface area contributed by atoms with Crippen molar-refractivity contribution < 1.29 is 0 Å². The summed E-state index contributed by atoms with van der Waals surface area (Å²) in [6.45, 7) is 3.30. The Bertz CT molecular complexity index is 450. The molecule has 0 bridgehead atoms. The molecule has 2 nitrogen and oxygen atoms in total. The van der Waals surface area contributed by atoms with Crippen LogP contribution in [0.2, 0.25) is 0 Å². The van der Waals surface area contributed by atoms with Gasteiger partial charge in [0.1, 0.15) is 7.85 Å². The number of rotatable bonds is 5. The van der Waals surface area contributed by atoms with Gasteiger partial charge in [0.15, 0.2) is 0 Å². The third-order valence-corrected chi connectivity index (χ3v) is 2.94. The Kier molecular flexibility index (Phi) is 3.68. The fraction of sp³-hybridized carbons (Fsp3) is 0.385. The number of aromatic amines is 1. The predicted molar refractivity (Wildman–Crippen MR) is 72.6 cm³/mol. The minimum absolute atomic E-state index is 0.541. The molecule has 1 aromatic heterocycles. The molecular weight excluding hydrogens is 195 g/mol. The minimum atomic E-state index is 0.541. The van der Waals surface area contributed by atoms with Crippen molar-refractivity contribution in [3.8, 4) is 0 Å². The Morgan fingerprint density at radius 1 is 1.38 bits per heavy atom. The summed E-state index contributed by atoms with van der Waals surface area (Å²) in [6.07, 6.45) is 4.41. The van der Waals surface area contributed by atoms with Gasteiger partial charge in [-0.25, -0.2) is 0 Å². The lowest BCUT2D eigenvalue weighted by Crippen LogP contribution is -2.31. The highest BCUT2D eigenvalue weighted by atomic mass is 14.9. The largest absolute Gasteiger partial charge is 0.361 e. The van der Waals surface area contributed by atoms with E-state index >= 15 is 0 Å². The average molecular weight is 214 g/mol. The van der Waals surface area contributed by atoms with Gasteiger partial charge in [0, 0.05) is 17.1 Å². The number of hydrogen-bond acceptors (Lipinski definition) is 1. The van der Waals surface area contributed by atoms with Crippen LogP contribution >= 0.6 is 0 Å². The highest BCUT2D eigenvalue weighted by Crippen LogP contribution is 2.18. The Balaban J connectivity index is 2.09. The molecule has 0 fully saturated rings. The summed E-state index contributed by atoms with van der Waals surface area (Å²) in [7, 11) is 2.25. The van der Waals surface area contributed by atoms with E-state index in [1.165, 1.54) is 22.9 Å². The number of fused-ring (bicyclic) bond motifs is 1. The van der Waals surface area contributed by atoms with Gasteiger partial charge in [-0.05, 0) is 37.0 Å². The second-order valence-electron chi connectivity index (χ2n) is 4.42. The molecule has 2 rings (SSSR count). The van der Waals surface area contributed by atoms with Crippen LogP contribution in [0, 0.1) is 0 Å². The van der Waals surface area contributed by atoms with Gasteiger partial charge in [-0.3, -0.25) is 0 Å². The number of hydrogen-bond donors (Lipinski definition) is 2. The molecule has 0 aliphatic rings. The zero-order valence-corrected chi connectivity index (χ0v) is 10.1. The van der Waals surface area contributed by atoms with Crippen LogP contribution in [-0.4, -0.2) is 25.3 Å². The number of H-pyrrole nitrogens is 1. The molecule has 0 aliphatic heterocycles. The molecule has 1 atom stereocenters. The molecule has 0 spiro atoms. The van der Waals surface area contributed by atoms with Crippen LogP contribution in [0.1, 0.15) is 18.9 Å². The van der Waals surface area contributed by atoms with Gasteiger partial charge in [-0.1, -0.05) is 25.1 Å². The molecule has 0 saturated carbocycles. The van der Waals surface area contributed by atoms with Crippen LogP contribution in [0.5, 0.6) is 0 Å². The van der Waals surface area contributed by atoms with Crippen molar-refractivity contribution in [1.82, 2.24) is 10.3 Å². The molecule has 2 aromatic rings. The molecule has 1 unspecified atom stereocenters. The van der Waals surface area contributed by atoms with E-state index in [4.69, 9.17) is 0 Å². The van der Waals surface area contributed by atoms with Crippen molar-refractivity contribution in [3.63, 3.8) is 0 Å². The third kappa shape index (κ3) is 2.47. The predicted octanol–water partition coefficient (Wildman–Crippen LogP) is 1.67. The van der Waals surface area contributed by atoms with Gasteiger partial charge in [-0.2, -0.15) is 0 Å². The summed E-state index contributed by atoms with van der Waals surface area (Å²) in [4.78, 5) is 3.32. The molecule has 3 heteroatoms. The molecule has 84 valence electrons. The Morgan fingerprint density at radius 3 is 3.00 bits per heavy atom. The smallest absolute Gasteiger partial charge is 0.123 e. The second kappa shape index (κ2) is 5.22. The standard InChI is InChI=1S/C13H19BN2/c1-2-7-15-13(14)8-10-9-16-12-6-4-3-5-11(10)12/h3-6,9,13,15-16H,2,7-8,14H2,1H3. The number of aromatic nitrogens is 1. The Hall–Kier alpha value is -1.22. The Morgan fingerprint density at radius 2 is 2.19 bits per heavy atom. The van der Waals surface area contributed by atoms with Crippen molar-refractivity contribution in [3.05, 3.63) is 36.0 Å². The molecule has 0 radical (unpaired) electrons. The highest BCUT2D eigenvalue weighted by Gasteiger charge is 2.06. The minimum Gasteiger partial charge on any atom is -0.361 e. The summed E-state index contributed by atoms with van der Waals surface area (Å²) in [5, 5.41) is 4.88. The summed E-state index contributed by atoms with van der Waals surface area (Å²) in [5.74, 6) is 0.541. The van der Waals surface area contributed by atoms with Crippen LogP contribution in [0.15, 0.2) is 30.5 Å². The monoisotopic (exact) mass is 214 g/mol. The maximum atomic E-state index is 3.52. The van der Waals surface area contributed by atoms with Gasteiger partial charge >= 0.3 is 0 Å². The van der Waals surface area contributed by atoms with E-state index in [2.05, 4.69) is 55.5 Å². The van der Waals surface area contributed by atoms with Crippen LogP contribution < -0.4 is 5.32 Å². The normalized spacial score (nSPS) is 13.1. The fourth-order valence-corrected chi connectivity index (χ4v) is 2.09. The maximum absolute atomic E-state index is 3.52.